The van der Waals surface area contributed by atoms with Gasteiger partial charge in [0.15, 0.2) is 5.11 Å². The number of ether oxygens (including phenoxy) is 1. The van der Waals surface area contributed by atoms with Crippen molar-refractivity contribution in [3.8, 4) is 5.75 Å². The molecule has 0 aliphatic rings. The second-order valence-corrected chi connectivity index (χ2v) is 8.65. The smallest absolute Gasteiger partial charge is 0.257 e. The molecule has 0 fully saturated rings. The molecule has 2 rings (SSSR count). The zero-order valence-corrected chi connectivity index (χ0v) is 19.4. The highest BCUT2D eigenvalue weighted by molar-refractivity contribution is 9.10. The molecule has 0 saturated heterocycles. The summed E-state index contributed by atoms with van der Waals surface area (Å²) in [6.07, 6.45) is 0.965. The van der Waals surface area contributed by atoms with Crippen LogP contribution in [-0.4, -0.2) is 17.6 Å². The van der Waals surface area contributed by atoms with Gasteiger partial charge in [-0.15, -0.1) is 0 Å². The van der Waals surface area contributed by atoms with Gasteiger partial charge in [0, 0.05) is 22.2 Å². The number of hydrogen-bond donors (Lipinski definition) is 2. The van der Waals surface area contributed by atoms with Crippen LogP contribution in [-0.2, 0) is 6.54 Å². The molecule has 8 heteroatoms. The predicted molar refractivity (Wildman–Crippen MR) is 122 cm³/mol. The van der Waals surface area contributed by atoms with Crippen molar-refractivity contribution in [2.24, 2.45) is 5.92 Å². The van der Waals surface area contributed by atoms with Crippen molar-refractivity contribution < 1.29 is 9.53 Å². The third kappa shape index (κ3) is 7.24. The Morgan fingerprint density at radius 2 is 1.96 bits per heavy atom. The van der Waals surface area contributed by atoms with Gasteiger partial charge >= 0.3 is 0 Å². The quantitative estimate of drug-likeness (QED) is 0.456. The summed E-state index contributed by atoms with van der Waals surface area (Å²) in [5, 5.41) is 6.92. The Kier molecular flexibility index (Phi) is 9.02. The lowest BCUT2D eigenvalue weighted by Gasteiger charge is -2.12. The van der Waals surface area contributed by atoms with Crippen molar-refractivity contribution in [3.63, 3.8) is 0 Å². The highest BCUT2D eigenvalue weighted by atomic mass is 79.9. The molecule has 28 heavy (non-hydrogen) atoms. The van der Waals surface area contributed by atoms with Crippen LogP contribution in [0.2, 0.25) is 10.0 Å². The zero-order valence-electron chi connectivity index (χ0n) is 15.5. The molecule has 150 valence electrons. The van der Waals surface area contributed by atoms with Crippen LogP contribution in [0.3, 0.4) is 0 Å². The minimum Gasteiger partial charge on any atom is -0.492 e. The molecule has 0 bridgehead atoms. The monoisotopic (exact) mass is 502 g/mol. The summed E-state index contributed by atoms with van der Waals surface area (Å²) in [6.45, 7) is 5.29. The third-order valence-corrected chi connectivity index (χ3v) is 5.28. The molecule has 0 unspecified atom stereocenters. The number of nitrogens with one attached hydrogen (secondary N) is 2. The molecule has 2 N–H and O–H groups in total. The number of halogens is 3. The molecule has 0 atom stereocenters. The molecule has 1 amide bonds. The van der Waals surface area contributed by atoms with E-state index in [4.69, 9.17) is 40.2 Å². The molecule has 2 aromatic rings. The first-order chi connectivity index (χ1) is 13.3. The maximum atomic E-state index is 12.4. The van der Waals surface area contributed by atoms with Crippen LogP contribution in [0.25, 0.3) is 0 Å². The van der Waals surface area contributed by atoms with E-state index >= 15 is 0 Å². The molecular formula is C20H21BrCl2N2O2S. The van der Waals surface area contributed by atoms with Crippen molar-refractivity contribution in [1.29, 1.82) is 0 Å². The van der Waals surface area contributed by atoms with Crippen LogP contribution in [0, 0.1) is 5.92 Å². The molecule has 4 nitrogen and oxygen atoms in total. The van der Waals surface area contributed by atoms with Crippen LogP contribution < -0.4 is 15.4 Å². The minimum atomic E-state index is -0.311. The van der Waals surface area contributed by atoms with Crippen LogP contribution in [0.5, 0.6) is 5.75 Å². The van der Waals surface area contributed by atoms with E-state index < -0.39 is 0 Å². The van der Waals surface area contributed by atoms with Crippen molar-refractivity contribution in [1.82, 2.24) is 10.6 Å². The van der Waals surface area contributed by atoms with E-state index in [-0.39, 0.29) is 11.0 Å². The molecule has 0 aliphatic carbocycles. The Hall–Kier alpha value is -1.34. The average molecular weight is 504 g/mol. The van der Waals surface area contributed by atoms with Crippen LogP contribution in [0.15, 0.2) is 40.9 Å². The van der Waals surface area contributed by atoms with E-state index in [1.165, 1.54) is 0 Å². The first-order valence-electron chi connectivity index (χ1n) is 8.71. The first kappa shape index (κ1) is 22.9. The Balaban J connectivity index is 1.89. The summed E-state index contributed by atoms with van der Waals surface area (Å²) < 4.78 is 6.45. The standard InChI is InChI=1S/C20H21BrCl2N2O2S/c1-12(2)7-8-27-18-6-4-13(9-16(18)21)19(26)25-20(28)24-11-14-3-5-15(22)10-17(14)23/h3-6,9-10,12H,7-8,11H2,1-2H3,(H2,24,25,26,28). The SMILES string of the molecule is CC(C)CCOc1ccc(C(=O)NC(=S)NCc2ccc(Cl)cc2Cl)cc1Br. The summed E-state index contributed by atoms with van der Waals surface area (Å²) >= 11 is 20.6. The molecule has 0 aliphatic heterocycles. The number of carbonyl (C=O) groups excluding carboxylic acids is 1. The van der Waals surface area contributed by atoms with Gasteiger partial charge in [-0.25, -0.2) is 0 Å². The van der Waals surface area contributed by atoms with E-state index in [1.807, 2.05) is 0 Å². The topological polar surface area (TPSA) is 50.4 Å². The summed E-state index contributed by atoms with van der Waals surface area (Å²) in [6, 6.07) is 10.4. The van der Waals surface area contributed by atoms with Gasteiger partial charge in [0.25, 0.3) is 5.91 Å². The fourth-order valence-electron chi connectivity index (χ4n) is 2.22. The number of carbonyl (C=O) groups is 1. The van der Waals surface area contributed by atoms with Crippen LogP contribution in [0.4, 0.5) is 0 Å². The average Bonchev–Trinajstić information content (AvgIpc) is 2.62. The molecule has 0 spiro atoms. The Morgan fingerprint density at radius 1 is 1.21 bits per heavy atom. The van der Waals surface area contributed by atoms with E-state index in [0.717, 1.165) is 16.5 Å². The van der Waals surface area contributed by atoms with Gasteiger partial charge in [-0.05, 0) is 76.4 Å². The van der Waals surface area contributed by atoms with Crippen molar-refractivity contribution in [2.75, 3.05) is 6.61 Å². The summed E-state index contributed by atoms with van der Waals surface area (Å²) in [5.74, 6) is 0.963. The van der Waals surface area contributed by atoms with Gasteiger partial charge in [0.05, 0.1) is 11.1 Å². The van der Waals surface area contributed by atoms with Gasteiger partial charge in [-0.1, -0.05) is 43.1 Å². The van der Waals surface area contributed by atoms with Crippen LogP contribution in [0.1, 0.15) is 36.2 Å². The maximum Gasteiger partial charge on any atom is 0.257 e. The normalized spacial score (nSPS) is 10.6. The lowest BCUT2D eigenvalue weighted by atomic mass is 10.1. The van der Waals surface area contributed by atoms with Crippen molar-refractivity contribution in [3.05, 3.63) is 62.0 Å². The Labute approximate surface area is 189 Å². The van der Waals surface area contributed by atoms with Gasteiger partial charge in [-0.2, -0.15) is 0 Å². The predicted octanol–water partition coefficient (Wildman–Crippen LogP) is 5.99. The van der Waals surface area contributed by atoms with Gasteiger partial charge in [0.2, 0.25) is 0 Å². The Morgan fingerprint density at radius 3 is 2.61 bits per heavy atom. The van der Waals surface area contributed by atoms with E-state index in [9.17, 15) is 4.79 Å². The fourth-order valence-corrected chi connectivity index (χ4v) is 3.36. The largest absolute Gasteiger partial charge is 0.492 e. The number of benzene rings is 2. The van der Waals surface area contributed by atoms with Gasteiger partial charge < -0.3 is 10.1 Å². The molecule has 0 radical (unpaired) electrons. The number of hydrogen-bond acceptors (Lipinski definition) is 3. The highest BCUT2D eigenvalue weighted by Gasteiger charge is 2.11. The first-order valence-corrected chi connectivity index (χ1v) is 10.7. The minimum absolute atomic E-state index is 0.212. The van der Waals surface area contributed by atoms with Gasteiger partial charge in [-0.3, -0.25) is 10.1 Å². The van der Waals surface area contributed by atoms with Crippen molar-refractivity contribution >= 4 is 62.4 Å². The Bertz CT molecular complexity index is 862. The molecule has 0 aromatic heterocycles. The summed E-state index contributed by atoms with van der Waals surface area (Å²) in [5.41, 5.74) is 1.30. The lowest BCUT2D eigenvalue weighted by molar-refractivity contribution is 0.0976. The summed E-state index contributed by atoms with van der Waals surface area (Å²) in [4.78, 5) is 12.4. The zero-order chi connectivity index (χ0) is 20.7. The van der Waals surface area contributed by atoms with E-state index in [0.29, 0.717) is 40.4 Å². The molecular weight excluding hydrogens is 483 g/mol. The second-order valence-electron chi connectivity index (χ2n) is 6.55. The molecule has 0 saturated carbocycles. The maximum absolute atomic E-state index is 12.4. The highest BCUT2D eigenvalue weighted by Crippen LogP contribution is 2.26. The van der Waals surface area contributed by atoms with E-state index in [1.54, 1.807) is 36.4 Å². The summed E-state index contributed by atoms with van der Waals surface area (Å²) in [7, 11) is 0. The molecule has 2 aromatic carbocycles. The van der Waals surface area contributed by atoms with Crippen LogP contribution >= 0.6 is 51.3 Å². The number of thiocarbonyl (C=S) groups is 1. The van der Waals surface area contributed by atoms with Crippen molar-refractivity contribution in [2.45, 2.75) is 26.8 Å². The number of rotatable bonds is 7. The third-order valence-electron chi connectivity index (χ3n) is 3.83. The van der Waals surface area contributed by atoms with E-state index in [2.05, 4.69) is 40.4 Å². The molecule has 0 heterocycles. The number of amides is 1. The van der Waals surface area contributed by atoms with Gasteiger partial charge in [0.1, 0.15) is 5.75 Å². The second kappa shape index (κ2) is 11.0. The lowest BCUT2D eigenvalue weighted by Crippen LogP contribution is -2.38. The fraction of sp³-hybridized carbons (Fsp3) is 0.300.